The maximum Gasteiger partial charge on any atom is 0.139 e. The van der Waals surface area contributed by atoms with Crippen LogP contribution in [0.4, 0.5) is 0 Å². The van der Waals surface area contributed by atoms with E-state index >= 15 is 0 Å². The minimum atomic E-state index is 0.0443. The van der Waals surface area contributed by atoms with Gasteiger partial charge in [0.2, 0.25) is 0 Å². The van der Waals surface area contributed by atoms with Crippen LogP contribution in [0, 0.1) is 0 Å². The van der Waals surface area contributed by atoms with Gasteiger partial charge in [-0.15, -0.1) is 0 Å². The molecule has 4 nitrogen and oxygen atoms in total. The van der Waals surface area contributed by atoms with Crippen molar-refractivity contribution in [2.75, 3.05) is 13.3 Å². The number of aryl methyl sites for hydroxylation is 1. The van der Waals surface area contributed by atoms with Crippen molar-refractivity contribution in [1.29, 1.82) is 0 Å². The molecule has 0 spiro atoms. The van der Waals surface area contributed by atoms with Gasteiger partial charge in [0.25, 0.3) is 0 Å². The van der Waals surface area contributed by atoms with Gasteiger partial charge < -0.3 is 9.84 Å². The van der Waals surface area contributed by atoms with Crippen LogP contribution >= 0.6 is 0 Å². The first-order valence-corrected chi connectivity index (χ1v) is 10.8. The number of para-hydroxylation sites is 2. The third-order valence-electron chi connectivity index (χ3n) is 5.79. The molecule has 0 bridgehead atoms. The summed E-state index contributed by atoms with van der Waals surface area (Å²) in [7, 11) is 0. The van der Waals surface area contributed by atoms with Gasteiger partial charge >= 0.3 is 0 Å². The van der Waals surface area contributed by atoms with E-state index in [1.807, 2.05) is 30.3 Å². The number of phenols is 1. The second-order valence-corrected chi connectivity index (χ2v) is 8.35. The first-order valence-electron chi connectivity index (χ1n) is 10.8. The normalized spacial score (nSPS) is 12.9. The number of nitrogens with zero attached hydrogens (tertiary/aromatic N) is 1. The van der Waals surface area contributed by atoms with Gasteiger partial charge in [0.15, 0.2) is 0 Å². The van der Waals surface area contributed by atoms with E-state index in [0.717, 1.165) is 43.7 Å². The van der Waals surface area contributed by atoms with Gasteiger partial charge in [-0.3, -0.25) is 10.2 Å². The number of benzene rings is 2. The number of hydrogen-bond acceptors (Lipinski definition) is 4. The molecule has 0 saturated heterocycles. The van der Waals surface area contributed by atoms with Crippen molar-refractivity contribution < 1.29 is 9.84 Å². The average molecular weight is 399 g/mol. The van der Waals surface area contributed by atoms with Crippen LogP contribution in [0.1, 0.15) is 58.6 Å². The van der Waals surface area contributed by atoms with E-state index in [-0.39, 0.29) is 5.54 Å². The van der Waals surface area contributed by atoms with Gasteiger partial charge in [0.1, 0.15) is 18.2 Å². The number of phenolic OH excluding ortho intramolecular Hbond substituents is 1. The summed E-state index contributed by atoms with van der Waals surface area (Å²) < 4.78 is 5.94. The summed E-state index contributed by atoms with van der Waals surface area (Å²) in [5.41, 5.74) is 2.27. The van der Waals surface area contributed by atoms with E-state index in [1.165, 1.54) is 5.56 Å². The Kier molecular flexibility index (Phi) is 8.99. The fourth-order valence-corrected chi connectivity index (χ4v) is 3.63. The molecule has 2 aromatic rings. The molecule has 0 aliphatic heterocycles. The maximum atomic E-state index is 10.1. The first-order chi connectivity index (χ1) is 13.9. The molecule has 2 rings (SSSR count). The molecule has 0 aromatic heterocycles. The molecule has 160 valence electrons. The first kappa shape index (κ1) is 23.2. The minimum Gasteiger partial charge on any atom is -0.508 e. The van der Waals surface area contributed by atoms with E-state index in [0.29, 0.717) is 18.5 Å². The van der Waals surface area contributed by atoms with E-state index in [4.69, 9.17) is 4.74 Å². The van der Waals surface area contributed by atoms with Crippen molar-refractivity contribution in [3.8, 4) is 11.5 Å². The zero-order valence-electron chi connectivity index (χ0n) is 18.7. The second kappa shape index (κ2) is 11.2. The van der Waals surface area contributed by atoms with Gasteiger partial charge in [0.05, 0.1) is 0 Å². The number of ether oxygens (including phenoxy) is 1. The fourth-order valence-electron chi connectivity index (χ4n) is 3.63. The van der Waals surface area contributed by atoms with Crippen molar-refractivity contribution in [3.63, 3.8) is 0 Å². The van der Waals surface area contributed by atoms with Crippen LogP contribution in [-0.2, 0) is 13.0 Å². The third kappa shape index (κ3) is 7.06. The zero-order valence-corrected chi connectivity index (χ0v) is 18.7. The van der Waals surface area contributed by atoms with Crippen molar-refractivity contribution in [2.24, 2.45) is 0 Å². The Morgan fingerprint density at radius 2 is 1.69 bits per heavy atom. The van der Waals surface area contributed by atoms with Crippen LogP contribution in [0.15, 0.2) is 48.5 Å². The average Bonchev–Trinajstić information content (AvgIpc) is 2.72. The van der Waals surface area contributed by atoms with Gasteiger partial charge in [-0.25, -0.2) is 0 Å². The lowest BCUT2D eigenvalue weighted by Crippen LogP contribution is -2.44. The van der Waals surface area contributed by atoms with E-state index in [2.05, 4.69) is 57.0 Å². The molecule has 1 atom stereocenters. The Hall–Kier alpha value is -2.04. The Balaban J connectivity index is 1.82. The molecule has 0 aliphatic carbocycles. The van der Waals surface area contributed by atoms with Crippen LogP contribution in [0.2, 0.25) is 0 Å². The highest BCUT2D eigenvalue weighted by atomic mass is 16.5. The van der Waals surface area contributed by atoms with Crippen molar-refractivity contribution >= 4 is 0 Å². The van der Waals surface area contributed by atoms with Crippen LogP contribution in [0.25, 0.3) is 0 Å². The number of aromatic hydroxyl groups is 1. The molecule has 0 aliphatic rings. The van der Waals surface area contributed by atoms with Crippen molar-refractivity contribution in [2.45, 2.75) is 72.0 Å². The summed E-state index contributed by atoms with van der Waals surface area (Å²) in [6.45, 7) is 13.3. The molecule has 0 saturated carbocycles. The van der Waals surface area contributed by atoms with Crippen LogP contribution < -0.4 is 10.1 Å². The number of hydrogen-bond donors (Lipinski definition) is 2. The predicted octanol–water partition coefficient (Wildman–Crippen LogP) is 5.35. The van der Waals surface area contributed by atoms with Crippen molar-refractivity contribution in [1.82, 2.24) is 10.2 Å². The molecule has 29 heavy (non-hydrogen) atoms. The van der Waals surface area contributed by atoms with Gasteiger partial charge in [-0.2, -0.15) is 0 Å². The number of rotatable bonds is 12. The molecular formula is C25H38N2O2. The Labute approximate surface area is 176 Å². The Morgan fingerprint density at radius 1 is 1.03 bits per heavy atom. The van der Waals surface area contributed by atoms with Crippen LogP contribution in [0.5, 0.6) is 11.5 Å². The van der Waals surface area contributed by atoms with Gasteiger partial charge in [0, 0.05) is 23.7 Å². The van der Waals surface area contributed by atoms with E-state index in [9.17, 15) is 5.11 Å². The third-order valence-corrected chi connectivity index (χ3v) is 5.79. The summed E-state index contributed by atoms with van der Waals surface area (Å²) in [4.78, 5) is 2.43. The highest BCUT2D eigenvalue weighted by Crippen LogP contribution is 2.26. The highest BCUT2D eigenvalue weighted by molar-refractivity contribution is 5.33. The van der Waals surface area contributed by atoms with E-state index in [1.54, 1.807) is 6.07 Å². The molecule has 2 N–H and O–H groups in total. The molecule has 0 amide bonds. The lowest BCUT2D eigenvalue weighted by atomic mass is 9.93. The summed E-state index contributed by atoms with van der Waals surface area (Å²) in [5.74, 6) is 1.34. The smallest absolute Gasteiger partial charge is 0.139 e. The largest absolute Gasteiger partial charge is 0.508 e. The molecule has 2 aromatic carbocycles. The van der Waals surface area contributed by atoms with E-state index < -0.39 is 0 Å². The summed E-state index contributed by atoms with van der Waals surface area (Å²) in [5, 5.41) is 13.6. The predicted molar refractivity (Wildman–Crippen MR) is 121 cm³/mol. The number of nitrogens with one attached hydrogen (secondary N) is 1. The molecule has 0 fully saturated rings. The monoisotopic (exact) mass is 398 g/mol. The van der Waals surface area contributed by atoms with Gasteiger partial charge in [-0.1, -0.05) is 50.2 Å². The molecule has 1 unspecified atom stereocenters. The molecule has 0 heterocycles. The summed E-state index contributed by atoms with van der Waals surface area (Å²) >= 11 is 0. The Bertz CT molecular complexity index is 745. The minimum absolute atomic E-state index is 0.0443. The Morgan fingerprint density at radius 3 is 2.34 bits per heavy atom. The van der Waals surface area contributed by atoms with Crippen LogP contribution in [0.3, 0.4) is 0 Å². The lowest BCUT2D eigenvalue weighted by molar-refractivity contribution is 0.102. The molecule has 0 radical (unpaired) electrons. The second-order valence-electron chi connectivity index (χ2n) is 8.35. The topological polar surface area (TPSA) is 44.7 Å². The quantitative estimate of drug-likeness (QED) is 0.473. The summed E-state index contributed by atoms with van der Waals surface area (Å²) in [6, 6.07) is 16.2. The maximum absolute atomic E-state index is 10.1. The highest BCUT2D eigenvalue weighted by Gasteiger charge is 2.26. The lowest BCUT2D eigenvalue weighted by Gasteiger charge is -2.39. The standard InChI is InChI=1S/C25H38N2O2/c1-6-21-12-9-11-15-24(21)29-19-26-20(3)16-17-25(4,5)27(7-2)18-22-13-8-10-14-23(22)28/h8-15,20,26,28H,6-7,16-19H2,1-5H3. The van der Waals surface area contributed by atoms with Crippen molar-refractivity contribution in [3.05, 3.63) is 59.7 Å². The molecular weight excluding hydrogens is 360 g/mol. The fraction of sp³-hybridized carbons (Fsp3) is 0.520. The zero-order chi connectivity index (χ0) is 21.3. The van der Waals surface area contributed by atoms with Gasteiger partial charge in [-0.05, 0) is 64.3 Å². The van der Waals surface area contributed by atoms with Crippen LogP contribution in [-0.4, -0.2) is 34.9 Å². The SMILES string of the molecule is CCc1ccccc1OCNC(C)CCC(C)(C)N(CC)Cc1ccccc1O. The molecule has 4 heteroatoms. The summed E-state index contributed by atoms with van der Waals surface area (Å²) in [6.07, 6.45) is 3.10.